The minimum Gasteiger partial charge on any atom is -0.493 e. The summed E-state index contributed by atoms with van der Waals surface area (Å²) < 4.78 is 12.1. The van der Waals surface area contributed by atoms with Gasteiger partial charge < -0.3 is 15.2 Å². The summed E-state index contributed by atoms with van der Waals surface area (Å²) in [5, 5.41) is 0. The van der Waals surface area contributed by atoms with Crippen LogP contribution in [0.3, 0.4) is 0 Å². The molecule has 0 spiro atoms. The first-order valence-electron chi connectivity index (χ1n) is 5.97. The van der Waals surface area contributed by atoms with Crippen molar-refractivity contribution in [1.29, 1.82) is 0 Å². The summed E-state index contributed by atoms with van der Waals surface area (Å²) in [7, 11) is 1.62. The number of ether oxygens (including phenoxy) is 2. The lowest BCUT2D eigenvalue weighted by Gasteiger charge is -2.15. The standard InChI is InChI=1S/C15H16BrNO2/c1-18-14-8-13(16)7-12(9-17)15(14)19-10-11-5-3-2-4-6-11/h2-8H,9-10,17H2,1H3. The summed E-state index contributed by atoms with van der Waals surface area (Å²) >= 11 is 3.43. The number of rotatable bonds is 5. The number of nitrogens with two attached hydrogens (primary N) is 1. The predicted molar refractivity (Wildman–Crippen MR) is 79.4 cm³/mol. The van der Waals surface area contributed by atoms with Gasteiger partial charge in [0.1, 0.15) is 6.61 Å². The van der Waals surface area contributed by atoms with Gasteiger partial charge in [0.2, 0.25) is 0 Å². The second-order valence-corrected chi connectivity index (χ2v) is 4.99. The first-order valence-corrected chi connectivity index (χ1v) is 6.77. The fourth-order valence-corrected chi connectivity index (χ4v) is 2.30. The van der Waals surface area contributed by atoms with Crippen molar-refractivity contribution in [2.24, 2.45) is 5.73 Å². The largest absolute Gasteiger partial charge is 0.493 e. The smallest absolute Gasteiger partial charge is 0.166 e. The zero-order valence-electron chi connectivity index (χ0n) is 10.7. The van der Waals surface area contributed by atoms with Crippen LogP contribution in [0.1, 0.15) is 11.1 Å². The number of benzene rings is 2. The lowest BCUT2D eigenvalue weighted by molar-refractivity contribution is 0.281. The molecule has 4 heteroatoms. The molecule has 0 fully saturated rings. The number of hydrogen-bond acceptors (Lipinski definition) is 3. The summed E-state index contributed by atoms with van der Waals surface area (Å²) in [5.74, 6) is 1.39. The molecule has 0 amide bonds. The van der Waals surface area contributed by atoms with Crippen molar-refractivity contribution in [3.63, 3.8) is 0 Å². The molecule has 3 nitrogen and oxygen atoms in total. The van der Waals surface area contributed by atoms with Gasteiger partial charge in [-0.05, 0) is 17.7 Å². The number of halogens is 1. The molecular weight excluding hydrogens is 306 g/mol. The van der Waals surface area contributed by atoms with E-state index in [1.165, 1.54) is 0 Å². The van der Waals surface area contributed by atoms with Gasteiger partial charge in [0.05, 0.1) is 7.11 Å². The quantitative estimate of drug-likeness (QED) is 0.916. The van der Waals surface area contributed by atoms with Gasteiger partial charge in [-0.3, -0.25) is 0 Å². The van der Waals surface area contributed by atoms with Crippen molar-refractivity contribution in [3.8, 4) is 11.5 Å². The van der Waals surface area contributed by atoms with Crippen LogP contribution in [0, 0.1) is 0 Å². The molecule has 2 aromatic rings. The van der Waals surface area contributed by atoms with Crippen LogP contribution < -0.4 is 15.2 Å². The summed E-state index contributed by atoms with van der Waals surface area (Å²) in [5.41, 5.74) is 7.78. The number of hydrogen-bond donors (Lipinski definition) is 1. The van der Waals surface area contributed by atoms with E-state index in [4.69, 9.17) is 15.2 Å². The third-order valence-corrected chi connectivity index (χ3v) is 3.22. The van der Waals surface area contributed by atoms with E-state index in [1.54, 1.807) is 7.11 Å². The molecule has 0 bridgehead atoms. The Balaban J connectivity index is 2.23. The van der Waals surface area contributed by atoms with E-state index in [0.29, 0.717) is 24.7 Å². The Labute approximate surface area is 121 Å². The molecule has 0 aliphatic rings. The Morgan fingerprint density at radius 2 is 1.89 bits per heavy atom. The third-order valence-electron chi connectivity index (χ3n) is 2.76. The number of methoxy groups -OCH3 is 1. The Bertz CT molecular complexity index is 518. The van der Waals surface area contributed by atoms with E-state index in [9.17, 15) is 0 Å². The summed E-state index contributed by atoms with van der Waals surface area (Å²) in [6.45, 7) is 0.895. The normalized spacial score (nSPS) is 10.3. The Morgan fingerprint density at radius 1 is 1.16 bits per heavy atom. The van der Waals surface area contributed by atoms with Crippen molar-refractivity contribution < 1.29 is 9.47 Å². The molecule has 0 unspecified atom stereocenters. The molecule has 19 heavy (non-hydrogen) atoms. The molecule has 0 saturated heterocycles. The van der Waals surface area contributed by atoms with Crippen molar-refractivity contribution in [1.82, 2.24) is 0 Å². The van der Waals surface area contributed by atoms with Gasteiger partial charge in [-0.2, -0.15) is 0 Å². The van der Waals surface area contributed by atoms with Crippen LogP contribution in [-0.2, 0) is 13.2 Å². The topological polar surface area (TPSA) is 44.5 Å². The maximum Gasteiger partial charge on any atom is 0.166 e. The molecule has 2 rings (SSSR count). The average molecular weight is 322 g/mol. The first-order chi connectivity index (χ1) is 9.24. The molecular formula is C15H16BrNO2. The highest BCUT2D eigenvalue weighted by Crippen LogP contribution is 2.35. The van der Waals surface area contributed by atoms with Crippen LogP contribution in [0.4, 0.5) is 0 Å². The van der Waals surface area contributed by atoms with Crippen molar-refractivity contribution in [2.45, 2.75) is 13.2 Å². The molecule has 0 saturated carbocycles. The van der Waals surface area contributed by atoms with Crippen LogP contribution in [0.5, 0.6) is 11.5 Å². The Morgan fingerprint density at radius 3 is 2.53 bits per heavy atom. The predicted octanol–water partition coefficient (Wildman–Crippen LogP) is 3.50. The van der Waals surface area contributed by atoms with Crippen molar-refractivity contribution in [3.05, 3.63) is 58.1 Å². The molecule has 0 aliphatic carbocycles. The molecule has 0 aliphatic heterocycles. The summed E-state index contributed by atoms with van der Waals surface area (Å²) in [6.07, 6.45) is 0. The van der Waals surface area contributed by atoms with E-state index in [2.05, 4.69) is 15.9 Å². The second-order valence-electron chi connectivity index (χ2n) is 4.07. The van der Waals surface area contributed by atoms with Gasteiger partial charge in [0.25, 0.3) is 0 Å². The highest BCUT2D eigenvalue weighted by molar-refractivity contribution is 9.10. The van der Waals surface area contributed by atoms with E-state index in [1.807, 2.05) is 42.5 Å². The molecule has 0 atom stereocenters. The maximum atomic E-state index is 5.87. The van der Waals surface area contributed by atoms with Gasteiger partial charge in [-0.1, -0.05) is 46.3 Å². The molecule has 0 radical (unpaired) electrons. The fraction of sp³-hybridized carbons (Fsp3) is 0.200. The van der Waals surface area contributed by atoms with Gasteiger partial charge in [0.15, 0.2) is 11.5 Å². The molecule has 100 valence electrons. The average Bonchev–Trinajstić information content (AvgIpc) is 2.46. The van der Waals surface area contributed by atoms with E-state index in [0.717, 1.165) is 15.6 Å². The van der Waals surface area contributed by atoms with E-state index < -0.39 is 0 Å². The highest BCUT2D eigenvalue weighted by atomic mass is 79.9. The van der Waals surface area contributed by atoms with Gasteiger partial charge in [-0.25, -0.2) is 0 Å². The maximum absolute atomic E-state index is 5.87. The monoisotopic (exact) mass is 321 g/mol. The molecule has 2 N–H and O–H groups in total. The molecule has 0 heterocycles. The van der Waals surface area contributed by atoms with Crippen LogP contribution in [-0.4, -0.2) is 7.11 Å². The highest BCUT2D eigenvalue weighted by Gasteiger charge is 2.11. The van der Waals surface area contributed by atoms with Crippen LogP contribution >= 0.6 is 15.9 Å². The van der Waals surface area contributed by atoms with Gasteiger partial charge >= 0.3 is 0 Å². The first kappa shape index (κ1) is 13.9. The minimum atomic E-state index is 0.403. The lowest BCUT2D eigenvalue weighted by atomic mass is 10.2. The Kier molecular flexibility index (Phi) is 4.82. The van der Waals surface area contributed by atoms with Crippen LogP contribution in [0.15, 0.2) is 46.9 Å². The zero-order chi connectivity index (χ0) is 13.7. The van der Waals surface area contributed by atoms with E-state index in [-0.39, 0.29) is 0 Å². The van der Waals surface area contributed by atoms with Crippen molar-refractivity contribution >= 4 is 15.9 Å². The van der Waals surface area contributed by atoms with E-state index >= 15 is 0 Å². The lowest BCUT2D eigenvalue weighted by Crippen LogP contribution is -2.04. The van der Waals surface area contributed by atoms with Gasteiger partial charge in [0, 0.05) is 16.6 Å². The fourth-order valence-electron chi connectivity index (χ4n) is 1.82. The zero-order valence-corrected chi connectivity index (χ0v) is 12.3. The van der Waals surface area contributed by atoms with Crippen molar-refractivity contribution in [2.75, 3.05) is 7.11 Å². The minimum absolute atomic E-state index is 0.403. The molecule has 0 aromatic heterocycles. The second kappa shape index (κ2) is 6.59. The Hall–Kier alpha value is -1.52. The summed E-state index contributed by atoms with van der Waals surface area (Å²) in [4.78, 5) is 0. The third kappa shape index (κ3) is 3.49. The van der Waals surface area contributed by atoms with Gasteiger partial charge in [-0.15, -0.1) is 0 Å². The SMILES string of the molecule is COc1cc(Br)cc(CN)c1OCc1ccccc1. The van der Waals surface area contributed by atoms with Crippen LogP contribution in [0.25, 0.3) is 0 Å². The van der Waals surface area contributed by atoms with Crippen LogP contribution in [0.2, 0.25) is 0 Å². The summed E-state index contributed by atoms with van der Waals surface area (Å²) in [6, 6.07) is 13.8. The molecule has 2 aromatic carbocycles.